The molecule has 3 aromatic rings. The van der Waals surface area contributed by atoms with Crippen molar-refractivity contribution in [3.05, 3.63) is 30.5 Å². The predicted octanol–water partition coefficient (Wildman–Crippen LogP) is 3.32. The summed E-state index contributed by atoms with van der Waals surface area (Å²) in [6.07, 6.45) is 7.43. The van der Waals surface area contributed by atoms with Gasteiger partial charge in [-0.05, 0) is 25.0 Å². The van der Waals surface area contributed by atoms with Gasteiger partial charge in [-0.25, -0.2) is 15.0 Å². The van der Waals surface area contributed by atoms with Crippen LogP contribution >= 0.6 is 0 Å². The van der Waals surface area contributed by atoms with Crippen LogP contribution in [0.1, 0.15) is 35.0 Å². The van der Waals surface area contributed by atoms with Gasteiger partial charge in [0.2, 0.25) is 5.91 Å². The molecule has 5 rings (SSSR count). The van der Waals surface area contributed by atoms with Crippen LogP contribution in [0.2, 0.25) is 0 Å². The van der Waals surface area contributed by atoms with Gasteiger partial charge in [-0.2, -0.15) is 0 Å². The summed E-state index contributed by atoms with van der Waals surface area (Å²) in [4.78, 5) is 34.0. The van der Waals surface area contributed by atoms with E-state index in [0.717, 1.165) is 55.9 Å². The maximum atomic E-state index is 12.8. The molecule has 2 aliphatic rings. The van der Waals surface area contributed by atoms with E-state index in [9.17, 15) is 4.79 Å². The molecular formula is C22H31N7O. The van der Waals surface area contributed by atoms with Gasteiger partial charge in [-0.15, -0.1) is 0 Å². The molecule has 8 nitrogen and oxygen atoms in total. The van der Waals surface area contributed by atoms with Gasteiger partial charge in [0.05, 0.1) is 17.2 Å². The van der Waals surface area contributed by atoms with Crippen LogP contribution in [0.5, 0.6) is 0 Å². The highest BCUT2D eigenvalue weighted by Gasteiger charge is 2.29. The van der Waals surface area contributed by atoms with Crippen molar-refractivity contribution in [1.82, 2.24) is 24.8 Å². The smallest absolute Gasteiger partial charge is 0.225 e. The normalized spacial score (nSPS) is 18.1. The fourth-order valence-corrected chi connectivity index (χ4v) is 4.54. The molecule has 0 atom stereocenters. The van der Waals surface area contributed by atoms with Crippen molar-refractivity contribution < 1.29 is 7.65 Å². The van der Waals surface area contributed by atoms with Crippen LogP contribution in [-0.2, 0) is 4.79 Å². The summed E-state index contributed by atoms with van der Waals surface area (Å²) in [5.41, 5.74) is 8.48. The molecule has 3 N–H and O–H groups in total. The quantitative estimate of drug-likeness (QED) is 0.688. The molecule has 1 saturated carbocycles. The Morgan fingerprint density at radius 2 is 1.83 bits per heavy atom. The standard InChI is InChI=1S/C22H27N7O.2H2/c23-20-19(21-25-16-8-4-5-9-17(16)26-21)27-18(14-24-20)28-10-12-29(13-11-28)22(30)15-6-2-1-3-7-15;;/h4-5,8-9,14-15H,1-3,6-7,10-13H2,(H2,23,24)(H,25,26);2*1H. The predicted molar refractivity (Wildman–Crippen MR) is 121 cm³/mol. The number of imidazole rings is 1. The summed E-state index contributed by atoms with van der Waals surface area (Å²) in [6.45, 7) is 2.94. The number of aromatic amines is 1. The third-order valence-corrected chi connectivity index (χ3v) is 6.27. The van der Waals surface area contributed by atoms with Crippen molar-refractivity contribution in [2.24, 2.45) is 5.92 Å². The van der Waals surface area contributed by atoms with Crippen LogP contribution in [0, 0.1) is 5.92 Å². The molecule has 1 aliphatic carbocycles. The number of H-pyrrole nitrogens is 1. The summed E-state index contributed by atoms with van der Waals surface area (Å²) in [5.74, 6) is 2.30. The van der Waals surface area contributed by atoms with Crippen molar-refractivity contribution in [2.45, 2.75) is 32.1 Å². The molecule has 1 amide bonds. The number of piperazine rings is 1. The Bertz CT molecular complexity index is 1030. The SMILES string of the molecule is Nc1ncc(N2CCN(C(=O)C3CCCCC3)CC2)nc1-c1nc2ccccc2[nH]1.[HH].[HH]. The molecular weight excluding hydrogens is 378 g/mol. The Kier molecular flexibility index (Phi) is 4.98. The largest absolute Gasteiger partial charge is 0.382 e. The van der Waals surface area contributed by atoms with Crippen LogP contribution in [-0.4, -0.2) is 56.9 Å². The van der Waals surface area contributed by atoms with E-state index >= 15 is 0 Å². The van der Waals surface area contributed by atoms with Crippen LogP contribution < -0.4 is 10.6 Å². The molecule has 160 valence electrons. The average molecular weight is 410 g/mol. The number of fused-ring (bicyclic) bond motifs is 1. The number of nitrogens with one attached hydrogen (secondary N) is 1. The molecule has 30 heavy (non-hydrogen) atoms. The molecule has 2 aromatic heterocycles. The molecule has 0 radical (unpaired) electrons. The van der Waals surface area contributed by atoms with E-state index in [0.29, 0.717) is 23.2 Å². The average Bonchev–Trinajstić information content (AvgIpc) is 3.24. The van der Waals surface area contributed by atoms with Crippen LogP contribution in [0.25, 0.3) is 22.6 Å². The summed E-state index contributed by atoms with van der Waals surface area (Å²) < 4.78 is 0. The molecule has 1 aromatic carbocycles. The Hall–Kier alpha value is -3.16. The highest BCUT2D eigenvalue weighted by molar-refractivity contribution is 5.81. The minimum absolute atomic E-state index is 0. The van der Waals surface area contributed by atoms with Gasteiger partial charge in [0.25, 0.3) is 0 Å². The third-order valence-electron chi connectivity index (χ3n) is 6.27. The number of para-hydroxylation sites is 2. The Morgan fingerprint density at radius 1 is 1.07 bits per heavy atom. The van der Waals surface area contributed by atoms with Gasteiger partial charge >= 0.3 is 0 Å². The first-order chi connectivity index (χ1) is 14.7. The van der Waals surface area contributed by atoms with Crippen molar-refractivity contribution in [3.63, 3.8) is 0 Å². The fourth-order valence-electron chi connectivity index (χ4n) is 4.54. The lowest BCUT2D eigenvalue weighted by molar-refractivity contribution is -0.136. The zero-order valence-corrected chi connectivity index (χ0v) is 17.0. The first-order valence-corrected chi connectivity index (χ1v) is 10.8. The Morgan fingerprint density at radius 3 is 2.60 bits per heavy atom. The summed E-state index contributed by atoms with van der Waals surface area (Å²) in [5, 5.41) is 0. The number of aromatic nitrogens is 4. The first kappa shape index (κ1) is 18.8. The number of nitrogens with two attached hydrogens (primary N) is 1. The van der Waals surface area contributed by atoms with E-state index in [4.69, 9.17) is 10.7 Å². The zero-order valence-electron chi connectivity index (χ0n) is 17.0. The molecule has 0 unspecified atom stereocenters. The van der Waals surface area contributed by atoms with Crippen molar-refractivity contribution in [3.8, 4) is 11.5 Å². The number of rotatable bonds is 3. The number of hydrogen-bond donors (Lipinski definition) is 2. The van der Waals surface area contributed by atoms with Crippen molar-refractivity contribution >= 4 is 28.6 Å². The lowest BCUT2D eigenvalue weighted by atomic mass is 9.88. The van der Waals surface area contributed by atoms with Crippen LogP contribution in [0.15, 0.2) is 30.5 Å². The van der Waals surface area contributed by atoms with Crippen molar-refractivity contribution in [1.29, 1.82) is 0 Å². The molecule has 2 fully saturated rings. The highest BCUT2D eigenvalue weighted by atomic mass is 16.2. The van der Waals surface area contributed by atoms with Gasteiger partial charge in [-0.1, -0.05) is 31.4 Å². The second kappa shape index (κ2) is 7.93. The van der Waals surface area contributed by atoms with Crippen LogP contribution in [0.3, 0.4) is 0 Å². The van der Waals surface area contributed by atoms with Gasteiger partial charge in [0.15, 0.2) is 17.3 Å². The van der Waals surface area contributed by atoms with E-state index in [1.165, 1.54) is 19.3 Å². The lowest BCUT2D eigenvalue weighted by Gasteiger charge is -2.37. The minimum Gasteiger partial charge on any atom is -0.382 e. The number of carbonyl (C=O) groups excluding carboxylic acids is 1. The van der Waals surface area contributed by atoms with E-state index < -0.39 is 0 Å². The van der Waals surface area contributed by atoms with Gasteiger partial charge in [0, 0.05) is 35.0 Å². The molecule has 0 spiro atoms. The second-order valence-electron chi connectivity index (χ2n) is 8.21. The lowest BCUT2D eigenvalue weighted by Crippen LogP contribution is -2.50. The highest BCUT2D eigenvalue weighted by Crippen LogP contribution is 2.27. The minimum atomic E-state index is 0. The summed E-state index contributed by atoms with van der Waals surface area (Å²) in [6, 6.07) is 7.84. The van der Waals surface area contributed by atoms with Crippen LogP contribution in [0.4, 0.5) is 11.6 Å². The number of amides is 1. The summed E-state index contributed by atoms with van der Waals surface area (Å²) in [7, 11) is 0. The number of benzene rings is 1. The van der Waals surface area contributed by atoms with Gasteiger partial charge in [0.1, 0.15) is 5.82 Å². The van der Waals surface area contributed by atoms with Gasteiger partial charge in [-0.3, -0.25) is 4.79 Å². The summed E-state index contributed by atoms with van der Waals surface area (Å²) >= 11 is 0. The molecule has 0 bridgehead atoms. The van der Waals surface area contributed by atoms with E-state index in [1.807, 2.05) is 29.2 Å². The second-order valence-corrected chi connectivity index (χ2v) is 8.21. The number of nitrogens with zero attached hydrogens (tertiary/aromatic N) is 5. The monoisotopic (exact) mass is 409 g/mol. The van der Waals surface area contributed by atoms with E-state index in [2.05, 4.69) is 19.9 Å². The molecule has 8 heteroatoms. The fraction of sp³-hybridized carbons (Fsp3) is 0.455. The topological polar surface area (TPSA) is 104 Å². The Balaban J connectivity index is 0.00000144. The molecule has 1 saturated heterocycles. The van der Waals surface area contributed by atoms with E-state index in [-0.39, 0.29) is 8.77 Å². The Labute approximate surface area is 178 Å². The van der Waals surface area contributed by atoms with E-state index in [1.54, 1.807) is 6.20 Å². The maximum Gasteiger partial charge on any atom is 0.225 e. The zero-order chi connectivity index (χ0) is 20.5. The number of carbonyl (C=O) groups is 1. The van der Waals surface area contributed by atoms with Crippen molar-refractivity contribution in [2.75, 3.05) is 36.8 Å². The number of nitrogen functional groups attached to an aromatic ring is 1. The maximum absolute atomic E-state index is 12.8. The molecule has 3 heterocycles. The first-order valence-electron chi connectivity index (χ1n) is 10.8. The number of hydrogen-bond acceptors (Lipinski definition) is 6. The van der Waals surface area contributed by atoms with Gasteiger partial charge < -0.3 is 20.5 Å². The third kappa shape index (κ3) is 3.58. The molecule has 1 aliphatic heterocycles. The number of anilines is 2.